The lowest BCUT2D eigenvalue weighted by molar-refractivity contribution is -0.126. The number of thioether (sulfide) groups is 1. The van der Waals surface area contributed by atoms with Crippen LogP contribution in [0.1, 0.15) is 56.0 Å². The topological polar surface area (TPSA) is 58.4 Å². The third-order valence-corrected chi connectivity index (χ3v) is 7.16. The largest absolute Gasteiger partial charge is 0.441 e. The normalized spacial score (nSPS) is 15.3. The number of carbonyl (C=O) groups is 1. The van der Waals surface area contributed by atoms with E-state index in [4.69, 9.17) is 9.40 Å². The van der Waals surface area contributed by atoms with Gasteiger partial charge in [-0.2, -0.15) is 11.8 Å². The van der Waals surface area contributed by atoms with E-state index in [-0.39, 0.29) is 11.8 Å². The second-order valence-corrected chi connectivity index (χ2v) is 9.72. The Balaban J connectivity index is 1.40. The lowest BCUT2D eigenvalue weighted by Gasteiger charge is -2.30. The zero-order valence-corrected chi connectivity index (χ0v) is 20.1. The number of hydrogen-bond donors (Lipinski definition) is 1. The summed E-state index contributed by atoms with van der Waals surface area (Å²) in [5, 5.41) is 3.15. The van der Waals surface area contributed by atoms with Crippen LogP contribution in [0.2, 0.25) is 0 Å². The summed E-state index contributed by atoms with van der Waals surface area (Å²) in [5.41, 5.74) is 3.22. The summed E-state index contributed by atoms with van der Waals surface area (Å²) in [5.74, 6) is 4.34. The van der Waals surface area contributed by atoms with E-state index >= 15 is 0 Å². The van der Waals surface area contributed by atoms with E-state index in [2.05, 4.69) is 36.2 Å². The Hall–Kier alpha value is -1.79. The number of unbranched alkanes of at least 4 members (excludes halogenated alkanes) is 1. The minimum atomic E-state index is 0.143. The molecule has 2 aromatic rings. The molecule has 1 aliphatic rings. The molecule has 1 amide bonds. The molecule has 1 aliphatic heterocycles. The van der Waals surface area contributed by atoms with E-state index in [0.29, 0.717) is 5.89 Å². The van der Waals surface area contributed by atoms with E-state index in [1.165, 1.54) is 24.2 Å². The van der Waals surface area contributed by atoms with Crippen molar-refractivity contribution in [3.8, 4) is 11.5 Å². The highest BCUT2D eigenvalue weighted by Crippen LogP contribution is 2.26. The maximum Gasteiger partial charge on any atom is 0.226 e. The number of nitrogens with zero attached hydrogens (tertiary/aromatic N) is 2. The van der Waals surface area contributed by atoms with Crippen molar-refractivity contribution in [3.05, 3.63) is 41.3 Å². The molecular weight excluding hydrogens is 406 g/mol. The first-order chi connectivity index (χ1) is 15.1. The van der Waals surface area contributed by atoms with Gasteiger partial charge in [-0.1, -0.05) is 31.5 Å². The van der Waals surface area contributed by atoms with Crippen molar-refractivity contribution in [3.63, 3.8) is 0 Å². The van der Waals surface area contributed by atoms with Crippen molar-refractivity contribution < 1.29 is 9.21 Å². The molecule has 5 nitrogen and oxygen atoms in total. The van der Waals surface area contributed by atoms with Crippen molar-refractivity contribution in [1.29, 1.82) is 0 Å². The maximum absolute atomic E-state index is 12.5. The van der Waals surface area contributed by atoms with Gasteiger partial charge in [0.05, 0.1) is 5.69 Å². The quantitative estimate of drug-likeness (QED) is 0.483. The third-order valence-electron chi connectivity index (χ3n) is 6.01. The van der Waals surface area contributed by atoms with Crippen LogP contribution in [-0.2, 0) is 11.3 Å². The van der Waals surface area contributed by atoms with Gasteiger partial charge in [-0.3, -0.25) is 9.69 Å². The lowest BCUT2D eigenvalue weighted by Crippen LogP contribution is -2.40. The van der Waals surface area contributed by atoms with E-state index < -0.39 is 0 Å². The number of aromatic nitrogens is 1. The van der Waals surface area contributed by atoms with E-state index in [1.807, 2.05) is 30.8 Å². The van der Waals surface area contributed by atoms with Crippen LogP contribution in [0.4, 0.5) is 0 Å². The van der Waals surface area contributed by atoms with Gasteiger partial charge >= 0.3 is 0 Å². The number of likely N-dealkylation sites (tertiary alicyclic amines) is 1. The van der Waals surface area contributed by atoms with Gasteiger partial charge in [0.15, 0.2) is 0 Å². The summed E-state index contributed by atoms with van der Waals surface area (Å²) in [4.78, 5) is 19.6. The zero-order valence-electron chi connectivity index (χ0n) is 19.3. The number of carbonyl (C=O) groups excluding carboxylic acids is 1. The number of aryl methyl sites for hydroxylation is 2. The molecule has 1 aromatic heterocycles. The van der Waals surface area contributed by atoms with Gasteiger partial charge in [0, 0.05) is 24.6 Å². The van der Waals surface area contributed by atoms with Crippen molar-refractivity contribution in [2.45, 2.75) is 59.4 Å². The van der Waals surface area contributed by atoms with Gasteiger partial charge in [-0.05, 0) is 75.8 Å². The zero-order chi connectivity index (χ0) is 22.1. The summed E-state index contributed by atoms with van der Waals surface area (Å²) in [6.07, 6.45) is 5.44. The molecule has 0 atom stereocenters. The predicted octanol–water partition coefficient (Wildman–Crippen LogP) is 5.21. The number of oxazole rings is 1. The predicted molar refractivity (Wildman–Crippen MR) is 129 cm³/mol. The highest BCUT2D eigenvalue weighted by molar-refractivity contribution is 7.99. The molecule has 1 aromatic carbocycles. The Labute approximate surface area is 191 Å². The van der Waals surface area contributed by atoms with Gasteiger partial charge in [0.25, 0.3) is 0 Å². The van der Waals surface area contributed by atoms with Gasteiger partial charge in [-0.15, -0.1) is 0 Å². The van der Waals surface area contributed by atoms with Crippen LogP contribution >= 0.6 is 11.8 Å². The van der Waals surface area contributed by atoms with Crippen LogP contribution in [-0.4, -0.2) is 46.9 Å². The molecule has 170 valence electrons. The van der Waals surface area contributed by atoms with E-state index in [9.17, 15) is 4.79 Å². The van der Waals surface area contributed by atoms with E-state index in [0.717, 1.165) is 68.2 Å². The number of amides is 1. The number of benzene rings is 1. The highest BCUT2D eigenvalue weighted by atomic mass is 32.2. The van der Waals surface area contributed by atoms with Gasteiger partial charge in [0.1, 0.15) is 5.76 Å². The van der Waals surface area contributed by atoms with Crippen LogP contribution in [0.15, 0.2) is 28.7 Å². The van der Waals surface area contributed by atoms with Crippen LogP contribution in [0.25, 0.3) is 11.5 Å². The van der Waals surface area contributed by atoms with Crippen LogP contribution in [0, 0.1) is 19.8 Å². The molecule has 0 spiro atoms. The van der Waals surface area contributed by atoms with Crippen molar-refractivity contribution in [1.82, 2.24) is 15.2 Å². The second-order valence-electron chi connectivity index (χ2n) is 8.50. The summed E-state index contributed by atoms with van der Waals surface area (Å²) in [6.45, 7) is 9.73. The Morgan fingerprint density at radius 1 is 1.19 bits per heavy atom. The lowest BCUT2D eigenvalue weighted by atomic mass is 9.95. The minimum absolute atomic E-state index is 0.143. The highest BCUT2D eigenvalue weighted by Gasteiger charge is 2.26. The average molecular weight is 444 g/mol. The molecule has 0 bridgehead atoms. The fraction of sp³-hybridized carbons (Fsp3) is 0.600. The average Bonchev–Trinajstić information content (AvgIpc) is 3.13. The Morgan fingerprint density at radius 3 is 2.68 bits per heavy atom. The smallest absolute Gasteiger partial charge is 0.226 e. The van der Waals surface area contributed by atoms with Crippen LogP contribution < -0.4 is 5.32 Å². The Kier molecular flexibility index (Phi) is 9.47. The van der Waals surface area contributed by atoms with Crippen molar-refractivity contribution in [2.24, 2.45) is 5.92 Å². The van der Waals surface area contributed by atoms with E-state index in [1.54, 1.807) is 0 Å². The molecule has 1 fully saturated rings. The van der Waals surface area contributed by atoms with Crippen LogP contribution in [0.5, 0.6) is 0 Å². The summed E-state index contributed by atoms with van der Waals surface area (Å²) in [7, 11) is 0. The first-order valence-corrected chi connectivity index (χ1v) is 12.8. The molecule has 0 saturated carbocycles. The van der Waals surface area contributed by atoms with Crippen molar-refractivity contribution >= 4 is 17.7 Å². The Bertz CT molecular complexity index is 828. The summed E-state index contributed by atoms with van der Waals surface area (Å²) in [6, 6.07) is 8.18. The SMILES string of the molecule is CCCCSCCCNC(=O)C1CCN(Cc2nc(-c3ccccc3C)oc2C)CC1. The number of rotatable bonds is 11. The molecule has 3 rings (SSSR count). The van der Waals surface area contributed by atoms with Gasteiger partial charge in [0.2, 0.25) is 11.8 Å². The number of piperidine rings is 1. The second kappa shape index (κ2) is 12.3. The van der Waals surface area contributed by atoms with Gasteiger partial charge < -0.3 is 9.73 Å². The first kappa shape index (κ1) is 23.9. The minimum Gasteiger partial charge on any atom is -0.441 e. The molecule has 0 unspecified atom stereocenters. The fourth-order valence-electron chi connectivity index (χ4n) is 3.95. The third kappa shape index (κ3) is 7.11. The Morgan fingerprint density at radius 2 is 1.94 bits per heavy atom. The molecule has 6 heteroatoms. The van der Waals surface area contributed by atoms with Crippen molar-refractivity contribution in [2.75, 3.05) is 31.1 Å². The molecule has 31 heavy (non-hydrogen) atoms. The number of hydrogen-bond acceptors (Lipinski definition) is 5. The molecule has 1 saturated heterocycles. The summed E-state index contributed by atoms with van der Waals surface area (Å²) < 4.78 is 5.96. The monoisotopic (exact) mass is 443 g/mol. The molecular formula is C25H37N3O2S. The molecule has 0 aliphatic carbocycles. The molecule has 2 heterocycles. The first-order valence-electron chi connectivity index (χ1n) is 11.7. The summed E-state index contributed by atoms with van der Waals surface area (Å²) >= 11 is 2.00. The molecule has 1 N–H and O–H groups in total. The fourth-order valence-corrected chi connectivity index (χ4v) is 4.99. The standard InChI is InChI=1S/C25H37N3O2S/c1-4-5-16-31-17-8-13-26-24(29)21-11-14-28(15-12-21)18-23-20(3)30-25(27-23)22-10-7-6-9-19(22)2/h6-7,9-10,21H,4-5,8,11-18H2,1-3H3,(H,26,29). The molecule has 0 radical (unpaired) electrons. The number of nitrogens with one attached hydrogen (secondary N) is 1. The van der Waals surface area contributed by atoms with Crippen LogP contribution in [0.3, 0.4) is 0 Å². The van der Waals surface area contributed by atoms with Gasteiger partial charge in [-0.25, -0.2) is 4.98 Å². The maximum atomic E-state index is 12.5.